The zero-order chi connectivity index (χ0) is 16.2. The molecule has 3 nitrogen and oxygen atoms in total. The SMILES string of the molecule is COCCNc1cc(-c2cccc(F)c2)nc2ccc(Br)cc12. The highest BCUT2D eigenvalue weighted by Crippen LogP contribution is 2.30. The Morgan fingerprint density at radius 1 is 1.17 bits per heavy atom. The summed E-state index contributed by atoms with van der Waals surface area (Å²) in [5, 5.41) is 4.37. The summed E-state index contributed by atoms with van der Waals surface area (Å²) in [6, 6.07) is 14.3. The summed E-state index contributed by atoms with van der Waals surface area (Å²) in [7, 11) is 1.67. The van der Waals surface area contributed by atoms with Gasteiger partial charge in [-0.25, -0.2) is 9.37 Å². The number of ether oxygens (including phenoxy) is 1. The van der Waals surface area contributed by atoms with Crippen LogP contribution in [0, 0.1) is 5.82 Å². The predicted molar refractivity (Wildman–Crippen MR) is 95.2 cm³/mol. The Labute approximate surface area is 142 Å². The Kier molecular flexibility index (Phi) is 4.88. The minimum absolute atomic E-state index is 0.269. The van der Waals surface area contributed by atoms with Crippen molar-refractivity contribution in [1.82, 2.24) is 4.98 Å². The average Bonchev–Trinajstić information content (AvgIpc) is 2.55. The summed E-state index contributed by atoms with van der Waals surface area (Å²) < 4.78 is 19.6. The number of hydrogen-bond donors (Lipinski definition) is 1. The molecule has 1 heterocycles. The molecule has 0 unspecified atom stereocenters. The van der Waals surface area contributed by atoms with Gasteiger partial charge in [0.1, 0.15) is 5.82 Å². The number of anilines is 1. The van der Waals surface area contributed by atoms with E-state index in [4.69, 9.17) is 4.74 Å². The Morgan fingerprint density at radius 2 is 2.04 bits per heavy atom. The third-order valence-corrected chi connectivity index (χ3v) is 4.01. The van der Waals surface area contributed by atoms with Gasteiger partial charge >= 0.3 is 0 Å². The molecule has 1 N–H and O–H groups in total. The number of aromatic nitrogens is 1. The van der Waals surface area contributed by atoms with Gasteiger partial charge in [0.05, 0.1) is 17.8 Å². The standard InChI is InChI=1S/C18H16BrFN2O/c1-23-8-7-21-18-11-17(12-3-2-4-14(20)9-12)22-16-6-5-13(19)10-15(16)18/h2-6,9-11H,7-8H2,1H3,(H,21,22). The van der Waals surface area contributed by atoms with Crippen molar-refractivity contribution in [3.05, 3.63) is 58.8 Å². The van der Waals surface area contributed by atoms with E-state index in [2.05, 4.69) is 26.2 Å². The monoisotopic (exact) mass is 374 g/mol. The van der Waals surface area contributed by atoms with E-state index in [9.17, 15) is 4.39 Å². The minimum Gasteiger partial charge on any atom is -0.383 e. The van der Waals surface area contributed by atoms with Crippen molar-refractivity contribution in [2.75, 3.05) is 25.6 Å². The van der Waals surface area contributed by atoms with Crippen LogP contribution in [0.15, 0.2) is 53.0 Å². The fourth-order valence-electron chi connectivity index (χ4n) is 2.43. The second-order valence-electron chi connectivity index (χ2n) is 5.15. The van der Waals surface area contributed by atoms with Gasteiger partial charge in [-0.1, -0.05) is 28.1 Å². The average molecular weight is 375 g/mol. The topological polar surface area (TPSA) is 34.1 Å². The van der Waals surface area contributed by atoms with E-state index in [-0.39, 0.29) is 5.82 Å². The lowest BCUT2D eigenvalue weighted by atomic mass is 10.1. The van der Waals surface area contributed by atoms with Crippen LogP contribution in [-0.4, -0.2) is 25.2 Å². The molecule has 0 aliphatic rings. The maximum atomic E-state index is 13.5. The maximum absolute atomic E-state index is 13.5. The Balaban J connectivity index is 2.11. The van der Waals surface area contributed by atoms with Crippen LogP contribution in [0.2, 0.25) is 0 Å². The summed E-state index contributed by atoms with van der Waals surface area (Å²) in [6.07, 6.45) is 0. The molecule has 0 atom stereocenters. The summed E-state index contributed by atoms with van der Waals surface area (Å²) >= 11 is 3.49. The number of halogens is 2. The van der Waals surface area contributed by atoms with E-state index in [1.807, 2.05) is 30.3 Å². The number of nitrogens with zero attached hydrogens (tertiary/aromatic N) is 1. The van der Waals surface area contributed by atoms with Crippen molar-refractivity contribution in [3.63, 3.8) is 0 Å². The van der Waals surface area contributed by atoms with Crippen LogP contribution < -0.4 is 5.32 Å². The normalized spacial score (nSPS) is 10.9. The van der Waals surface area contributed by atoms with Crippen molar-refractivity contribution in [3.8, 4) is 11.3 Å². The number of pyridine rings is 1. The smallest absolute Gasteiger partial charge is 0.123 e. The molecular weight excluding hydrogens is 359 g/mol. The molecule has 1 aromatic heterocycles. The van der Waals surface area contributed by atoms with Crippen LogP contribution in [0.25, 0.3) is 22.2 Å². The quantitative estimate of drug-likeness (QED) is 0.647. The van der Waals surface area contributed by atoms with E-state index in [1.54, 1.807) is 13.2 Å². The summed E-state index contributed by atoms with van der Waals surface area (Å²) in [4.78, 5) is 4.66. The minimum atomic E-state index is -0.269. The van der Waals surface area contributed by atoms with E-state index in [0.717, 1.165) is 32.3 Å². The lowest BCUT2D eigenvalue weighted by Gasteiger charge is -2.12. The first kappa shape index (κ1) is 15.9. The maximum Gasteiger partial charge on any atom is 0.123 e. The lowest BCUT2D eigenvalue weighted by molar-refractivity contribution is 0.211. The number of rotatable bonds is 5. The molecule has 118 valence electrons. The number of nitrogens with one attached hydrogen (secondary N) is 1. The molecule has 0 aliphatic heterocycles. The second kappa shape index (κ2) is 7.06. The number of fused-ring (bicyclic) bond motifs is 1. The van der Waals surface area contributed by atoms with Crippen molar-refractivity contribution < 1.29 is 9.13 Å². The van der Waals surface area contributed by atoms with Crippen LogP contribution in [-0.2, 0) is 4.74 Å². The molecule has 0 bridgehead atoms. The number of methoxy groups -OCH3 is 1. The molecule has 2 aromatic carbocycles. The molecule has 0 fully saturated rings. The van der Waals surface area contributed by atoms with Gasteiger partial charge in [-0.2, -0.15) is 0 Å². The van der Waals surface area contributed by atoms with Crippen LogP contribution in [0.5, 0.6) is 0 Å². The molecule has 3 aromatic rings. The second-order valence-corrected chi connectivity index (χ2v) is 6.06. The van der Waals surface area contributed by atoms with E-state index in [0.29, 0.717) is 13.2 Å². The summed E-state index contributed by atoms with van der Waals surface area (Å²) in [5.41, 5.74) is 3.30. The predicted octanol–water partition coefficient (Wildman–Crippen LogP) is 4.86. The van der Waals surface area contributed by atoms with Gasteiger partial charge in [0.2, 0.25) is 0 Å². The molecule has 0 spiro atoms. The molecule has 0 aliphatic carbocycles. The van der Waals surface area contributed by atoms with Crippen LogP contribution in [0.3, 0.4) is 0 Å². The number of hydrogen-bond acceptors (Lipinski definition) is 3. The van der Waals surface area contributed by atoms with Crippen LogP contribution >= 0.6 is 15.9 Å². The van der Waals surface area contributed by atoms with Gasteiger partial charge in [-0.3, -0.25) is 0 Å². The molecule has 5 heteroatoms. The first-order valence-electron chi connectivity index (χ1n) is 7.26. The van der Waals surface area contributed by atoms with Gasteiger partial charge in [0.15, 0.2) is 0 Å². The van der Waals surface area contributed by atoms with Gasteiger partial charge in [0.25, 0.3) is 0 Å². The number of benzene rings is 2. The molecule has 0 saturated carbocycles. The first-order chi connectivity index (χ1) is 11.2. The van der Waals surface area contributed by atoms with Crippen LogP contribution in [0.4, 0.5) is 10.1 Å². The van der Waals surface area contributed by atoms with Crippen molar-refractivity contribution in [2.24, 2.45) is 0 Å². The van der Waals surface area contributed by atoms with E-state index >= 15 is 0 Å². The van der Waals surface area contributed by atoms with Crippen LogP contribution in [0.1, 0.15) is 0 Å². The zero-order valence-electron chi connectivity index (χ0n) is 12.6. The van der Waals surface area contributed by atoms with E-state index in [1.165, 1.54) is 12.1 Å². The fraction of sp³-hybridized carbons (Fsp3) is 0.167. The van der Waals surface area contributed by atoms with Gasteiger partial charge in [-0.15, -0.1) is 0 Å². The van der Waals surface area contributed by atoms with Crippen molar-refractivity contribution in [2.45, 2.75) is 0 Å². The van der Waals surface area contributed by atoms with Gasteiger partial charge < -0.3 is 10.1 Å². The first-order valence-corrected chi connectivity index (χ1v) is 8.06. The Bertz CT molecular complexity index is 838. The Morgan fingerprint density at radius 3 is 2.83 bits per heavy atom. The van der Waals surface area contributed by atoms with Gasteiger partial charge in [-0.05, 0) is 36.4 Å². The zero-order valence-corrected chi connectivity index (χ0v) is 14.2. The highest BCUT2D eigenvalue weighted by molar-refractivity contribution is 9.10. The molecule has 0 amide bonds. The van der Waals surface area contributed by atoms with Crippen molar-refractivity contribution >= 4 is 32.5 Å². The largest absolute Gasteiger partial charge is 0.383 e. The molecular formula is C18H16BrFN2O. The summed E-state index contributed by atoms with van der Waals surface area (Å²) in [5.74, 6) is -0.269. The Hall–Kier alpha value is -1.98. The molecule has 3 rings (SSSR count). The van der Waals surface area contributed by atoms with Crippen molar-refractivity contribution in [1.29, 1.82) is 0 Å². The van der Waals surface area contributed by atoms with E-state index < -0.39 is 0 Å². The summed E-state index contributed by atoms with van der Waals surface area (Å²) in [6.45, 7) is 1.29. The highest BCUT2D eigenvalue weighted by atomic mass is 79.9. The third kappa shape index (κ3) is 3.68. The highest BCUT2D eigenvalue weighted by Gasteiger charge is 2.09. The lowest BCUT2D eigenvalue weighted by Crippen LogP contribution is -2.08. The molecule has 0 radical (unpaired) electrons. The fourth-order valence-corrected chi connectivity index (χ4v) is 2.79. The third-order valence-electron chi connectivity index (χ3n) is 3.51. The molecule has 0 saturated heterocycles. The molecule has 23 heavy (non-hydrogen) atoms. The van der Waals surface area contributed by atoms with Gasteiger partial charge in [0, 0.05) is 34.8 Å².